The number of aromatic nitrogens is 1. The highest BCUT2D eigenvalue weighted by molar-refractivity contribution is 5.95. The van der Waals surface area contributed by atoms with E-state index in [-0.39, 0.29) is 0 Å². The molecule has 7 heteroatoms. The van der Waals surface area contributed by atoms with Crippen LogP contribution in [0.25, 0.3) is 22.4 Å². The maximum Gasteiger partial charge on any atom is 0.163 e. The third kappa shape index (κ3) is 5.34. The van der Waals surface area contributed by atoms with Gasteiger partial charge in [-0.2, -0.15) is 0 Å². The summed E-state index contributed by atoms with van der Waals surface area (Å²) in [6.45, 7) is 7.35. The molecule has 0 spiro atoms. The number of anilines is 1. The van der Waals surface area contributed by atoms with E-state index in [2.05, 4.69) is 10.2 Å². The quantitative estimate of drug-likeness (QED) is 0.433. The van der Waals surface area contributed by atoms with Crippen molar-refractivity contribution in [2.75, 3.05) is 58.9 Å². The van der Waals surface area contributed by atoms with Crippen LogP contribution in [-0.2, 0) is 4.74 Å². The summed E-state index contributed by atoms with van der Waals surface area (Å²) in [6.07, 6.45) is 3.61. The lowest BCUT2D eigenvalue weighted by atomic mass is 10.1. The molecule has 0 aliphatic carbocycles. The van der Waals surface area contributed by atoms with Crippen molar-refractivity contribution < 1.29 is 18.6 Å². The molecule has 0 unspecified atom stereocenters. The molecule has 0 radical (unpaired) electrons. The number of hydrogen-bond donors (Lipinski definition) is 1. The van der Waals surface area contributed by atoms with Crippen LogP contribution in [0.4, 0.5) is 5.69 Å². The molecule has 1 aliphatic heterocycles. The van der Waals surface area contributed by atoms with Crippen LogP contribution in [0, 0.1) is 6.92 Å². The second-order valence-corrected chi connectivity index (χ2v) is 8.16. The molecule has 1 N–H and O–H groups in total. The first-order valence-corrected chi connectivity index (χ1v) is 11.4. The summed E-state index contributed by atoms with van der Waals surface area (Å²) in [4.78, 5) is 7.36. The molecule has 0 amide bonds. The van der Waals surface area contributed by atoms with E-state index in [0.717, 1.165) is 46.8 Å². The van der Waals surface area contributed by atoms with Crippen molar-refractivity contribution in [1.82, 2.24) is 9.88 Å². The summed E-state index contributed by atoms with van der Waals surface area (Å²) in [5.41, 5.74) is 2.55. The average Bonchev–Trinajstić information content (AvgIpc) is 3.48. The summed E-state index contributed by atoms with van der Waals surface area (Å²) < 4.78 is 22.8. The number of fused-ring (bicyclic) bond motifs is 1. The molecule has 1 aromatic carbocycles. The Labute approximate surface area is 189 Å². The molecule has 0 atom stereocenters. The Morgan fingerprint density at radius 1 is 1.06 bits per heavy atom. The molecule has 1 fully saturated rings. The predicted octanol–water partition coefficient (Wildman–Crippen LogP) is 4.73. The van der Waals surface area contributed by atoms with Gasteiger partial charge in [0, 0.05) is 37.3 Å². The van der Waals surface area contributed by atoms with Gasteiger partial charge in [0.15, 0.2) is 17.3 Å². The van der Waals surface area contributed by atoms with Crippen molar-refractivity contribution in [3.63, 3.8) is 0 Å². The minimum absolute atomic E-state index is 0.606. The lowest BCUT2D eigenvalue weighted by molar-refractivity contribution is 0.211. The number of hydrogen-bond acceptors (Lipinski definition) is 7. The third-order valence-corrected chi connectivity index (χ3v) is 5.78. The van der Waals surface area contributed by atoms with Crippen LogP contribution in [0.1, 0.15) is 25.0 Å². The van der Waals surface area contributed by atoms with Crippen molar-refractivity contribution in [3.8, 4) is 23.0 Å². The van der Waals surface area contributed by atoms with Gasteiger partial charge in [0.05, 0.1) is 25.8 Å². The number of furan rings is 1. The molecule has 0 bridgehead atoms. The Balaban J connectivity index is 1.60. The fourth-order valence-corrected chi connectivity index (χ4v) is 4.12. The molecule has 172 valence electrons. The molecule has 1 aliphatic rings. The lowest BCUT2D eigenvalue weighted by Crippen LogP contribution is -2.21. The van der Waals surface area contributed by atoms with E-state index in [1.807, 2.05) is 37.3 Å². The SMILES string of the molecule is COCCNc1cc(-c2ccc(C)o2)nc2cc(OCCCN3CCCC3)c(OC)cc12. The second-order valence-electron chi connectivity index (χ2n) is 8.16. The van der Waals surface area contributed by atoms with Gasteiger partial charge in [-0.1, -0.05) is 0 Å². The van der Waals surface area contributed by atoms with Gasteiger partial charge >= 0.3 is 0 Å². The maximum atomic E-state index is 6.13. The van der Waals surface area contributed by atoms with Crippen LogP contribution < -0.4 is 14.8 Å². The summed E-state index contributed by atoms with van der Waals surface area (Å²) in [5, 5.41) is 4.42. The first-order valence-electron chi connectivity index (χ1n) is 11.4. The topological polar surface area (TPSA) is 69.0 Å². The van der Waals surface area contributed by atoms with Gasteiger partial charge in [0.2, 0.25) is 0 Å². The van der Waals surface area contributed by atoms with Crippen LogP contribution in [-0.4, -0.2) is 63.5 Å². The van der Waals surface area contributed by atoms with E-state index >= 15 is 0 Å². The van der Waals surface area contributed by atoms with Crippen LogP contribution in [0.15, 0.2) is 34.7 Å². The molecule has 3 heterocycles. The molecule has 0 saturated carbocycles. The minimum Gasteiger partial charge on any atom is -0.493 e. The zero-order valence-electron chi connectivity index (χ0n) is 19.3. The van der Waals surface area contributed by atoms with Gasteiger partial charge in [-0.25, -0.2) is 4.98 Å². The number of nitrogens with one attached hydrogen (secondary N) is 1. The van der Waals surface area contributed by atoms with E-state index in [1.54, 1.807) is 14.2 Å². The van der Waals surface area contributed by atoms with Gasteiger partial charge in [0.1, 0.15) is 11.5 Å². The Bertz CT molecular complexity index is 1030. The first-order chi connectivity index (χ1) is 15.7. The number of ether oxygens (including phenoxy) is 3. The maximum absolute atomic E-state index is 6.13. The average molecular weight is 440 g/mol. The fourth-order valence-electron chi connectivity index (χ4n) is 4.12. The lowest BCUT2D eigenvalue weighted by Gasteiger charge is -2.17. The summed E-state index contributed by atoms with van der Waals surface area (Å²) in [7, 11) is 3.36. The number of likely N-dealkylation sites (tertiary alicyclic amines) is 1. The number of nitrogens with zero attached hydrogens (tertiary/aromatic N) is 2. The van der Waals surface area contributed by atoms with E-state index in [0.29, 0.717) is 31.3 Å². The largest absolute Gasteiger partial charge is 0.493 e. The number of pyridine rings is 1. The number of benzene rings is 1. The highest BCUT2D eigenvalue weighted by atomic mass is 16.5. The molecule has 3 aromatic rings. The van der Waals surface area contributed by atoms with Crippen LogP contribution in [0.3, 0.4) is 0 Å². The Morgan fingerprint density at radius 3 is 2.62 bits per heavy atom. The molecular formula is C25H33N3O4. The van der Waals surface area contributed by atoms with E-state index < -0.39 is 0 Å². The smallest absolute Gasteiger partial charge is 0.163 e. The van der Waals surface area contributed by atoms with Crippen molar-refractivity contribution in [3.05, 3.63) is 36.1 Å². The van der Waals surface area contributed by atoms with Gasteiger partial charge in [-0.15, -0.1) is 0 Å². The molecule has 32 heavy (non-hydrogen) atoms. The summed E-state index contributed by atoms with van der Waals surface area (Å²) in [6, 6.07) is 9.85. The van der Waals surface area contributed by atoms with Crippen molar-refractivity contribution in [2.45, 2.75) is 26.2 Å². The summed E-state index contributed by atoms with van der Waals surface area (Å²) in [5.74, 6) is 3.01. The Kier molecular flexibility index (Phi) is 7.50. The van der Waals surface area contributed by atoms with Crippen LogP contribution in [0.5, 0.6) is 11.5 Å². The molecular weight excluding hydrogens is 406 g/mol. The van der Waals surface area contributed by atoms with Crippen LogP contribution >= 0.6 is 0 Å². The highest BCUT2D eigenvalue weighted by Crippen LogP contribution is 2.37. The van der Waals surface area contributed by atoms with Gasteiger partial charge in [-0.3, -0.25) is 0 Å². The zero-order valence-corrected chi connectivity index (χ0v) is 19.3. The van der Waals surface area contributed by atoms with Gasteiger partial charge in [-0.05, 0) is 63.5 Å². The number of rotatable bonds is 11. The standard InChI is InChI=1S/C25H33N3O4/c1-18-7-8-23(32-18)22-16-20(26-9-14-29-2)19-15-24(30-3)25(17-21(19)27-22)31-13-6-12-28-10-4-5-11-28/h7-8,15-17H,4-6,9-14H2,1-3H3,(H,26,27). The fraction of sp³-hybridized carbons (Fsp3) is 0.480. The normalized spacial score (nSPS) is 14.2. The Hall–Kier alpha value is -2.77. The van der Waals surface area contributed by atoms with Crippen molar-refractivity contribution in [1.29, 1.82) is 0 Å². The monoisotopic (exact) mass is 439 g/mol. The number of methoxy groups -OCH3 is 2. The third-order valence-electron chi connectivity index (χ3n) is 5.78. The first kappa shape index (κ1) is 22.4. The molecule has 7 nitrogen and oxygen atoms in total. The molecule has 4 rings (SSSR count). The second kappa shape index (κ2) is 10.7. The predicted molar refractivity (Wildman–Crippen MR) is 127 cm³/mol. The van der Waals surface area contributed by atoms with Gasteiger partial charge in [0.25, 0.3) is 0 Å². The minimum atomic E-state index is 0.606. The Morgan fingerprint density at radius 2 is 1.91 bits per heavy atom. The number of aryl methyl sites for hydroxylation is 1. The highest BCUT2D eigenvalue weighted by Gasteiger charge is 2.15. The van der Waals surface area contributed by atoms with Crippen molar-refractivity contribution in [2.24, 2.45) is 0 Å². The molecule has 1 saturated heterocycles. The van der Waals surface area contributed by atoms with E-state index in [4.69, 9.17) is 23.6 Å². The van der Waals surface area contributed by atoms with Crippen molar-refractivity contribution >= 4 is 16.6 Å². The molecule has 2 aromatic heterocycles. The zero-order chi connectivity index (χ0) is 22.3. The van der Waals surface area contributed by atoms with E-state index in [9.17, 15) is 0 Å². The summed E-state index contributed by atoms with van der Waals surface area (Å²) >= 11 is 0. The van der Waals surface area contributed by atoms with E-state index in [1.165, 1.54) is 25.9 Å². The van der Waals surface area contributed by atoms with Crippen LogP contribution in [0.2, 0.25) is 0 Å². The van der Waals surface area contributed by atoms with Gasteiger partial charge < -0.3 is 28.8 Å².